The maximum atomic E-state index is 13.3. The molecule has 0 aromatic carbocycles. The van der Waals surface area contributed by atoms with Gasteiger partial charge < -0.3 is 20.5 Å². The maximum Gasteiger partial charge on any atom is 0.250 e. The first-order valence-corrected chi connectivity index (χ1v) is 11.4. The molecule has 0 spiro atoms. The van der Waals surface area contributed by atoms with Crippen LogP contribution in [0.25, 0.3) is 5.65 Å². The molecule has 4 aromatic heterocycles. The number of aromatic nitrogens is 6. The summed E-state index contributed by atoms with van der Waals surface area (Å²) in [5.41, 5.74) is 0.897. The number of carbonyl (C=O) groups excluding carboxylic acids is 1. The van der Waals surface area contributed by atoms with Crippen molar-refractivity contribution in [3.05, 3.63) is 58.8 Å². The minimum absolute atomic E-state index is 0.218. The van der Waals surface area contributed by atoms with Gasteiger partial charge in [-0.2, -0.15) is 15.1 Å². The van der Waals surface area contributed by atoms with E-state index < -0.39 is 5.54 Å². The van der Waals surface area contributed by atoms with Crippen molar-refractivity contribution >= 4 is 35.0 Å². The number of H-pyrrole nitrogens is 2. The van der Waals surface area contributed by atoms with Gasteiger partial charge in [0.15, 0.2) is 5.82 Å². The van der Waals surface area contributed by atoms with Gasteiger partial charge in [-0.1, -0.05) is 0 Å². The molecule has 4 aromatic rings. The molecule has 0 radical (unpaired) electrons. The Morgan fingerprint density at radius 2 is 2.15 bits per heavy atom. The summed E-state index contributed by atoms with van der Waals surface area (Å²) in [6, 6.07) is 7.19. The number of anilines is 4. The zero-order valence-corrected chi connectivity index (χ0v) is 18.7. The summed E-state index contributed by atoms with van der Waals surface area (Å²) in [5.74, 6) is 2.00. The van der Waals surface area contributed by atoms with Crippen LogP contribution in [0.2, 0.25) is 0 Å². The second-order valence-electron chi connectivity index (χ2n) is 9.10. The summed E-state index contributed by atoms with van der Waals surface area (Å²) in [6.45, 7) is 2.49. The summed E-state index contributed by atoms with van der Waals surface area (Å²) in [7, 11) is 0. The zero-order chi connectivity index (χ0) is 23.3. The van der Waals surface area contributed by atoms with Crippen LogP contribution in [-0.4, -0.2) is 47.5 Å². The van der Waals surface area contributed by atoms with Crippen LogP contribution in [0.1, 0.15) is 44.2 Å². The summed E-state index contributed by atoms with van der Waals surface area (Å²) in [5, 5.41) is 13.6. The van der Waals surface area contributed by atoms with Crippen molar-refractivity contribution in [2.45, 2.75) is 44.1 Å². The lowest BCUT2D eigenvalue weighted by Gasteiger charge is -2.34. The molecule has 11 nitrogen and oxygen atoms in total. The maximum absolute atomic E-state index is 13.3. The Kier molecular flexibility index (Phi) is 4.64. The van der Waals surface area contributed by atoms with E-state index in [0.717, 1.165) is 12.1 Å². The average Bonchev–Trinajstić information content (AvgIpc) is 3.20. The van der Waals surface area contributed by atoms with Crippen LogP contribution in [0.4, 0.5) is 23.4 Å². The third kappa shape index (κ3) is 3.49. The molecule has 1 atom stereocenters. The topological polar surface area (TPSA) is 136 Å². The second-order valence-corrected chi connectivity index (χ2v) is 9.10. The van der Waals surface area contributed by atoms with Crippen LogP contribution in [0, 0.1) is 0 Å². The van der Waals surface area contributed by atoms with E-state index in [1.807, 2.05) is 40.6 Å². The minimum Gasteiger partial charge on any atom is -0.366 e. The molecule has 1 saturated heterocycles. The van der Waals surface area contributed by atoms with Gasteiger partial charge in [0.05, 0.1) is 0 Å². The summed E-state index contributed by atoms with van der Waals surface area (Å²) in [4.78, 5) is 39.7. The number of hydrogen-bond donors (Lipinski definition) is 4. The fourth-order valence-corrected chi connectivity index (χ4v) is 4.54. The molecular formula is C23H25N9O2. The first-order valence-electron chi connectivity index (χ1n) is 11.4. The molecule has 1 saturated carbocycles. The van der Waals surface area contributed by atoms with Crippen LogP contribution >= 0.6 is 0 Å². The molecule has 2 aliphatic rings. The van der Waals surface area contributed by atoms with E-state index in [-0.39, 0.29) is 17.0 Å². The van der Waals surface area contributed by atoms with Crippen molar-refractivity contribution in [3.8, 4) is 0 Å². The average molecular weight is 460 g/mol. The highest BCUT2D eigenvalue weighted by molar-refractivity contribution is 6.00. The smallest absolute Gasteiger partial charge is 0.250 e. The highest BCUT2D eigenvalue weighted by Gasteiger charge is 2.45. The van der Waals surface area contributed by atoms with E-state index in [1.54, 1.807) is 0 Å². The minimum atomic E-state index is -0.907. The Morgan fingerprint density at radius 3 is 2.97 bits per heavy atom. The lowest BCUT2D eigenvalue weighted by atomic mass is 9.97. The second kappa shape index (κ2) is 7.72. The molecule has 1 aliphatic carbocycles. The van der Waals surface area contributed by atoms with Gasteiger partial charge in [-0.05, 0) is 44.7 Å². The Hall–Kier alpha value is -4.15. The number of pyridine rings is 1. The fraction of sp³-hybridized carbons (Fsp3) is 0.348. The van der Waals surface area contributed by atoms with Crippen LogP contribution in [0.15, 0.2) is 47.7 Å². The van der Waals surface area contributed by atoms with Crippen LogP contribution in [0.3, 0.4) is 0 Å². The van der Waals surface area contributed by atoms with Crippen molar-refractivity contribution in [2.24, 2.45) is 0 Å². The number of carbonyl (C=O) groups is 1. The summed E-state index contributed by atoms with van der Waals surface area (Å²) >= 11 is 0. The summed E-state index contributed by atoms with van der Waals surface area (Å²) < 4.78 is 1.85. The normalized spacial score (nSPS) is 20.1. The first kappa shape index (κ1) is 20.5. The SMILES string of the molecule is C[C@@]1(C(=O)Nc2c[nH]ccc2=O)CCCN1c1nc(Nc2cc(C3CC3)[nH]n2)n2cccc2n1. The molecule has 174 valence electrons. The molecule has 6 rings (SSSR count). The van der Waals surface area contributed by atoms with Crippen molar-refractivity contribution in [1.82, 2.24) is 29.5 Å². The molecule has 0 unspecified atom stereocenters. The first-order chi connectivity index (χ1) is 16.5. The number of nitrogens with zero attached hydrogens (tertiary/aromatic N) is 5. The predicted octanol–water partition coefficient (Wildman–Crippen LogP) is 2.76. The quantitative estimate of drug-likeness (QED) is 0.348. The number of hydrogen-bond acceptors (Lipinski definition) is 7. The Bertz CT molecular complexity index is 1430. The van der Waals surface area contributed by atoms with Crippen molar-refractivity contribution in [1.29, 1.82) is 0 Å². The van der Waals surface area contributed by atoms with E-state index in [0.29, 0.717) is 42.2 Å². The summed E-state index contributed by atoms with van der Waals surface area (Å²) in [6.07, 6.45) is 8.70. The standard InChI is InChI=1S/C23H25N9O2/c1-23(20(34)25-16-13-24-9-7-17(16)33)8-3-11-32(23)22-27-19-4-2-10-31(19)21(28-22)26-18-12-15(29-30-18)14-5-6-14/h2,4,7,9-10,12-14H,3,5-6,8,11H2,1H3,(H,24,33)(H,25,34)(H2,26,27,28,29,30)/t23-/m0/s1. The van der Waals surface area contributed by atoms with Crippen LogP contribution in [-0.2, 0) is 4.79 Å². The van der Waals surface area contributed by atoms with Gasteiger partial charge in [0, 0.05) is 48.9 Å². The number of amides is 1. The molecule has 1 amide bonds. The number of fused-ring (bicyclic) bond motifs is 1. The van der Waals surface area contributed by atoms with Gasteiger partial charge in [0.25, 0.3) is 0 Å². The Morgan fingerprint density at radius 1 is 1.26 bits per heavy atom. The van der Waals surface area contributed by atoms with E-state index in [2.05, 4.69) is 25.8 Å². The zero-order valence-electron chi connectivity index (χ0n) is 18.7. The van der Waals surface area contributed by atoms with E-state index >= 15 is 0 Å². The molecule has 1 aliphatic heterocycles. The molecule has 4 N–H and O–H groups in total. The Labute approximate surface area is 194 Å². The molecular weight excluding hydrogens is 434 g/mol. The highest BCUT2D eigenvalue weighted by atomic mass is 16.2. The largest absolute Gasteiger partial charge is 0.366 e. The van der Waals surface area contributed by atoms with Gasteiger partial charge in [-0.3, -0.25) is 19.1 Å². The van der Waals surface area contributed by atoms with Crippen molar-refractivity contribution in [2.75, 3.05) is 22.1 Å². The number of rotatable bonds is 6. The van der Waals surface area contributed by atoms with Crippen LogP contribution in [0.5, 0.6) is 0 Å². The van der Waals surface area contributed by atoms with Crippen LogP contribution < -0.4 is 21.0 Å². The molecule has 0 bridgehead atoms. The predicted molar refractivity (Wildman–Crippen MR) is 128 cm³/mol. The third-order valence-electron chi connectivity index (χ3n) is 6.67. The fourth-order valence-electron chi connectivity index (χ4n) is 4.54. The molecule has 11 heteroatoms. The number of nitrogens with one attached hydrogen (secondary N) is 4. The lowest BCUT2D eigenvalue weighted by molar-refractivity contribution is -0.120. The van der Waals surface area contributed by atoms with E-state index in [1.165, 1.54) is 31.3 Å². The van der Waals surface area contributed by atoms with E-state index in [4.69, 9.17) is 9.97 Å². The van der Waals surface area contributed by atoms with Crippen molar-refractivity contribution < 1.29 is 4.79 Å². The van der Waals surface area contributed by atoms with Gasteiger partial charge in [-0.25, -0.2) is 0 Å². The lowest BCUT2D eigenvalue weighted by Crippen LogP contribution is -2.52. The third-order valence-corrected chi connectivity index (χ3v) is 6.67. The Balaban J connectivity index is 1.33. The van der Waals surface area contributed by atoms with Crippen molar-refractivity contribution in [3.63, 3.8) is 0 Å². The molecule has 34 heavy (non-hydrogen) atoms. The molecule has 2 fully saturated rings. The number of aromatic amines is 2. The highest BCUT2D eigenvalue weighted by Crippen LogP contribution is 2.40. The van der Waals surface area contributed by atoms with Gasteiger partial charge in [0.2, 0.25) is 23.2 Å². The van der Waals surface area contributed by atoms with Gasteiger partial charge >= 0.3 is 0 Å². The molecule has 5 heterocycles. The van der Waals surface area contributed by atoms with E-state index in [9.17, 15) is 9.59 Å². The monoisotopic (exact) mass is 459 g/mol. The van der Waals surface area contributed by atoms with Gasteiger partial charge in [0.1, 0.15) is 16.9 Å². The van der Waals surface area contributed by atoms with Gasteiger partial charge in [-0.15, -0.1) is 0 Å².